The monoisotopic (exact) mass is 272 g/mol. The number of ether oxygens (including phenoxy) is 4. The van der Waals surface area contributed by atoms with Crippen LogP contribution in [-0.4, -0.2) is 55.6 Å². The molecule has 1 spiro atoms. The van der Waals surface area contributed by atoms with Crippen molar-refractivity contribution in [1.82, 2.24) is 0 Å². The summed E-state index contributed by atoms with van der Waals surface area (Å²) in [6, 6.07) is 0. The molecular formula is C14H24O5. The van der Waals surface area contributed by atoms with Gasteiger partial charge in [-0.1, -0.05) is 0 Å². The Morgan fingerprint density at radius 2 is 1.95 bits per heavy atom. The first kappa shape index (κ1) is 13.8. The van der Waals surface area contributed by atoms with Gasteiger partial charge in [-0.15, -0.1) is 0 Å². The van der Waals surface area contributed by atoms with Gasteiger partial charge in [0.1, 0.15) is 0 Å². The first-order valence-corrected chi connectivity index (χ1v) is 7.47. The van der Waals surface area contributed by atoms with Crippen molar-refractivity contribution in [3.8, 4) is 0 Å². The van der Waals surface area contributed by atoms with E-state index in [9.17, 15) is 5.11 Å². The van der Waals surface area contributed by atoms with Crippen LogP contribution < -0.4 is 0 Å². The van der Waals surface area contributed by atoms with Crippen molar-refractivity contribution >= 4 is 0 Å². The van der Waals surface area contributed by atoms with Crippen LogP contribution in [0.25, 0.3) is 0 Å². The topological polar surface area (TPSA) is 57.2 Å². The van der Waals surface area contributed by atoms with E-state index < -0.39 is 11.9 Å². The minimum absolute atomic E-state index is 0.184. The van der Waals surface area contributed by atoms with Gasteiger partial charge in [0, 0.05) is 19.4 Å². The summed E-state index contributed by atoms with van der Waals surface area (Å²) >= 11 is 0. The molecule has 3 unspecified atom stereocenters. The quantitative estimate of drug-likeness (QED) is 0.837. The third-order valence-corrected chi connectivity index (χ3v) is 4.35. The normalized spacial score (nSPS) is 38.7. The Bertz CT molecular complexity index is 284. The maximum absolute atomic E-state index is 10.1. The zero-order valence-electron chi connectivity index (χ0n) is 11.4. The highest BCUT2D eigenvalue weighted by molar-refractivity contribution is 4.89. The van der Waals surface area contributed by atoms with Crippen molar-refractivity contribution in [3.63, 3.8) is 0 Å². The predicted octanol–water partition coefficient (Wildman–Crippen LogP) is 1.23. The lowest BCUT2D eigenvalue weighted by Gasteiger charge is -2.39. The van der Waals surface area contributed by atoms with Crippen molar-refractivity contribution in [2.75, 3.05) is 26.4 Å². The molecule has 5 nitrogen and oxygen atoms in total. The van der Waals surface area contributed by atoms with Gasteiger partial charge in [0.2, 0.25) is 0 Å². The highest BCUT2D eigenvalue weighted by atomic mass is 16.7. The van der Waals surface area contributed by atoms with Gasteiger partial charge in [-0.05, 0) is 25.7 Å². The van der Waals surface area contributed by atoms with E-state index in [2.05, 4.69) is 0 Å². The van der Waals surface area contributed by atoms with E-state index in [1.165, 1.54) is 6.42 Å². The lowest BCUT2D eigenvalue weighted by molar-refractivity contribution is -0.225. The number of rotatable bonds is 3. The largest absolute Gasteiger partial charge is 0.390 e. The molecule has 0 radical (unpaired) electrons. The first-order chi connectivity index (χ1) is 9.27. The molecule has 2 aliphatic heterocycles. The van der Waals surface area contributed by atoms with E-state index in [0.717, 1.165) is 25.9 Å². The molecule has 3 atom stereocenters. The molecule has 1 aliphatic carbocycles. The molecule has 3 aliphatic rings. The van der Waals surface area contributed by atoms with E-state index in [1.807, 2.05) is 0 Å². The van der Waals surface area contributed by atoms with Crippen LogP contribution in [0.5, 0.6) is 0 Å². The van der Waals surface area contributed by atoms with Crippen LogP contribution in [0.2, 0.25) is 0 Å². The van der Waals surface area contributed by atoms with Gasteiger partial charge in [0.05, 0.1) is 38.1 Å². The van der Waals surface area contributed by atoms with Crippen LogP contribution in [0, 0.1) is 0 Å². The number of hydrogen-bond donors (Lipinski definition) is 1. The summed E-state index contributed by atoms with van der Waals surface area (Å²) in [5, 5.41) is 10.1. The average Bonchev–Trinajstić information content (AvgIpc) is 2.90. The van der Waals surface area contributed by atoms with Gasteiger partial charge in [-0.3, -0.25) is 0 Å². The lowest BCUT2D eigenvalue weighted by Crippen LogP contribution is -2.47. The Kier molecular flexibility index (Phi) is 4.39. The second kappa shape index (κ2) is 6.06. The fraction of sp³-hybridized carbons (Fsp3) is 1.00. The maximum atomic E-state index is 10.1. The number of aliphatic hydroxyl groups is 1. The molecule has 0 aromatic heterocycles. The smallest absolute Gasteiger partial charge is 0.171 e. The molecule has 1 saturated carbocycles. The molecule has 0 aromatic rings. The Balaban J connectivity index is 1.50. The average molecular weight is 272 g/mol. The fourth-order valence-corrected chi connectivity index (χ4v) is 3.20. The van der Waals surface area contributed by atoms with Crippen LogP contribution in [0.1, 0.15) is 38.5 Å². The Morgan fingerprint density at radius 1 is 1.11 bits per heavy atom. The molecule has 0 amide bonds. The summed E-state index contributed by atoms with van der Waals surface area (Å²) in [6.45, 7) is 2.69. The molecule has 3 fully saturated rings. The predicted molar refractivity (Wildman–Crippen MR) is 67.8 cm³/mol. The van der Waals surface area contributed by atoms with Crippen LogP contribution in [0.4, 0.5) is 0 Å². The van der Waals surface area contributed by atoms with Gasteiger partial charge in [0.15, 0.2) is 5.79 Å². The van der Waals surface area contributed by atoms with Crippen molar-refractivity contribution < 1.29 is 24.1 Å². The molecule has 3 rings (SSSR count). The third-order valence-electron chi connectivity index (χ3n) is 4.35. The molecule has 110 valence electrons. The standard InChI is InChI=1S/C14H24O5/c15-12-4-5-14(18-7-8-19-14)9-13(12)17-10-11-3-1-2-6-16-11/h11-13,15H,1-10H2. The Morgan fingerprint density at radius 3 is 2.68 bits per heavy atom. The SMILES string of the molecule is OC1CCC2(CC1OCC1CCCCO1)OCCO2. The van der Waals surface area contributed by atoms with Gasteiger partial charge in [-0.25, -0.2) is 0 Å². The highest BCUT2D eigenvalue weighted by Crippen LogP contribution is 2.37. The summed E-state index contributed by atoms with van der Waals surface area (Å²) in [6.07, 6.45) is 5.04. The molecule has 2 saturated heterocycles. The van der Waals surface area contributed by atoms with E-state index in [1.54, 1.807) is 0 Å². The van der Waals surface area contributed by atoms with Gasteiger partial charge < -0.3 is 24.1 Å². The second-order valence-electron chi connectivity index (χ2n) is 5.78. The molecule has 0 aromatic carbocycles. The van der Waals surface area contributed by atoms with Crippen molar-refractivity contribution in [1.29, 1.82) is 0 Å². The Hall–Kier alpha value is -0.200. The lowest BCUT2D eigenvalue weighted by atomic mass is 9.89. The first-order valence-electron chi connectivity index (χ1n) is 7.47. The minimum Gasteiger partial charge on any atom is -0.390 e. The molecule has 2 heterocycles. The summed E-state index contributed by atoms with van der Waals surface area (Å²) < 4.78 is 23.0. The van der Waals surface area contributed by atoms with Crippen molar-refractivity contribution in [2.24, 2.45) is 0 Å². The molecule has 5 heteroatoms. The maximum Gasteiger partial charge on any atom is 0.171 e. The summed E-state index contributed by atoms with van der Waals surface area (Å²) in [5.74, 6) is -0.503. The van der Waals surface area contributed by atoms with Crippen LogP contribution in [0.15, 0.2) is 0 Å². The van der Waals surface area contributed by atoms with Crippen LogP contribution in [0.3, 0.4) is 0 Å². The molecule has 19 heavy (non-hydrogen) atoms. The van der Waals surface area contributed by atoms with Crippen molar-refractivity contribution in [3.05, 3.63) is 0 Å². The minimum atomic E-state index is -0.503. The van der Waals surface area contributed by atoms with E-state index in [4.69, 9.17) is 18.9 Å². The summed E-state index contributed by atoms with van der Waals surface area (Å²) in [5.41, 5.74) is 0. The summed E-state index contributed by atoms with van der Waals surface area (Å²) in [7, 11) is 0. The van der Waals surface area contributed by atoms with Crippen LogP contribution >= 0.6 is 0 Å². The van der Waals surface area contributed by atoms with Gasteiger partial charge in [-0.2, -0.15) is 0 Å². The van der Waals surface area contributed by atoms with E-state index in [-0.39, 0.29) is 12.2 Å². The van der Waals surface area contributed by atoms with Gasteiger partial charge >= 0.3 is 0 Å². The second-order valence-corrected chi connectivity index (χ2v) is 5.78. The number of aliphatic hydroxyl groups excluding tert-OH is 1. The summed E-state index contributed by atoms with van der Waals surface area (Å²) in [4.78, 5) is 0. The fourth-order valence-electron chi connectivity index (χ4n) is 3.20. The van der Waals surface area contributed by atoms with E-state index in [0.29, 0.717) is 32.7 Å². The number of hydrogen-bond acceptors (Lipinski definition) is 5. The zero-order valence-corrected chi connectivity index (χ0v) is 11.4. The molecule has 0 bridgehead atoms. The van der Waals surface area contributed by atoms with Crippen molar-refractivity contribution in [2.45, 2.75) is 62.6 Å². The van der Waals surface area contributed by atoms with Gasteiger partial charge in [0.25, 0.3) is 0 Å². The highest BCUT2D eigenvalue weighted by Gasteiger charge is 2.45. The Labute approximate surface area is 114 Å². The van der Waals surface area contributed by atoms with Crippen LogP contribution in [-0.2, 0) is 18.9 Å². The molecule has 1 N–H and O–H groups in total. The zero-order chi connectivity index (χ0) is 13.1. The third kappa shape index (κ3) is 3.28. The van der Waals surface area contributed by atoms with E-state index >= 15 is 0 Å². The molecular weight excluding hydrogens is 248 g/mol.